The smallest absolute Gasteiger partial charge is 0.323 e. The molecule has 1 N–H and O–H groups in total. The molecule has 1 aromatic carbocycles. The summed E-state index contributed by atoms with van der Waals surface area (Å²) in [7, 11) is 0. The zero-order valence-corrected chi connectivity index (χ0v) is 12.0. The summed E-state index contributed by atoms with van der Waals surface area (Å²) in [4.78, 5) is 28.8. The first-order valence-electron chi connectivity index (χ1n) is 6.19. The SMILES string of the molecule is Cc1cc(C(=O)N(CC(=O)O)c2cccc(Cl)c2)ccn1. The first-order chi connectivity index (χ1) is 9.97. The molecular weight excluding hydrogens is 292 g/mol. The number of aryl methyl sites for hydroxylation is 1. The van der Waals surface area contributed by atoms with Crippen molar-refractivity contribution in [1.29, 1.82) is 0 Å². The molecule has 0 atom stereocenters. The maximum atomic E-state index is 12.5. The van der Waals surface area contributed by atoms with Gasteiger partial charge < -0.3 is 5.11 Å². The number of carboxylic acids is 1. The van der Waals surface area contributed by atoms with Gasteiger partial charge in [0, 0.05) is 28.2 Å². The quantitative estimate of drug-likeness (QED) is 0.943. The Balaban J connectivity index is 2.40. The van der Waals surface area contributed by atoms with Gasteiger partial charge >= 0.3 is 5.97 Å². The van der Waals surface area contributed by atoms with E-state index in [2.05, 4.69) is 4.98 Å². The molecule has 0 unspecified atom stereocenters. The highest BCUT2D eigenvalue weighted by molar-refractivity contribution is 6.31. The summed E-state index contributed by atoms with van der Waals surface area (Å²) in [6.45, 7) is 1.32. The third kappa shape index (κ3) is 3.79. The van der Waals surface area contributed by atoms with E-state index >= 15 is 0 Å². The molecular formula is C15H13ClN2O3. The molecule has 0 saturated carbocycles. The molecule has 0 radical (unpaired) electrons. The summed E-state index contributed by atoms with van der Waals surface area (Å²) in [6, 6.07) is 9.68. The number of carbonyl (C=O) groups excluding carboxylic acids is 1. The standard InChI is InChI=1S/C15H13ClN2O3/c1-10-7-11(5-6-17-10)15(21)18(9-14(19)20)13-4-2-3-12(16)8-13/h2-8H,9H2,1H3,(H,19,20). The number of benzene rings is 1. The number of hydrogen-bond donors (Lipinski definition) is 1. The third-order valence-electron chi connectivity index (χ3n) is 2.80. The van der Waals surface area contributed by atoms with E-state index in [9.17, 15) is 9.59 Å². The number of amides is 1. The van der Waals surface area contributed by atoms with Crippen LogP contribution in [0, 0.1) is 6.92 Å². The second kappa shape index (κ2) is 6.37. The number of hydrogen-bond acceptors (Lipinski definition) is 3. The van der Waals surface area contributed by atoms with Gasteiger partial charge in [-0.2, -0.15) is 0 Å². The highest BCUT2D eigenvalue weighted by atomic mass is 35.5. The van der Waals surface area contributed by atoms with Crippen LogP contribution in [0.2, 0.25) is 5.02 Å². The molecule has 5 nitrogen and oxygen atoms in total. The Kier molecular flexibility index (Phi) is 4.55. The lowest BCUT2D eigenvalue weighted by Crippen LogP contribution is -2.35. The van der Waals surface area contributed by atoms with E-state index in [1.165, 1.54) is 11.1 Å². The van der Waals surface area contributed by atoms with Gasteiger partial charge in [-0.3, -0.25) is 19.5 Å². The van der Waals surface area contributed by atoms with Gasteiger partial charge in [-0.25, -0.2) is 0 Å². The molecule has 0 spiro atoms. The molecule has 21 heavy (non-hydrogen) atoms. The average Bonchev–Trinajstić information content (AvgIpc) is 2.44. The largest absolute Gasteiger partial charge is 0.480 e. The Bertz CT molecular complexity index is 688. The van der Waals surface area contributed by atoms with Crippen molar-refractivity contribution in [2.45, 2.75) is 6.92 Å². The van der Waals surface area contributed by atoms with E-state index in [0.29, 0.717) is 22.0 Å². The zero-order chi connectivity index (χ0) is 15.4. The fraction of sp³-hybridized carbons (Fsp3) is 0.133. The second-order valence-corrected chi connectivity index (χ2v) is 4.89. The van der Waals surface area contributed by atoms with E-state index in [0.717, 1.165) is 0 Å². The van der Waals surface area contributed by atoms with Crippen molar-refractivity contribution in [3.63, 3.8) is 0 Å². The van der Waals surface area contributed by atoms with Gasteiger partial charge in [0.25, 0.3) is 5.91 Å². The molecule has 0 fully saturated rings. The maximum Gasteiger partial charge on any atom is 0.323 e. The van der Waals surface area contributed by atoms with Crippen LogP contribution < -0.4 is 4.90 Å². The van der Waals surface area contributed by atoms with Crippen LogP contribution in [0.25, 0.3) is 0 Å². The molecule has 1 aromatic heterocycles. The summed E-state index contributed by atoms with van der Waals surface area (Å²) >= 11 is 5.91. The molecule has 0 aliphatic rings. The summed E-state index contributed by atoms with van der Waals surface area (Å²) in [5.74, 6) is -1.51. The van der Waals surface area contributed by atoms with Gasteiger partial charge in [-0.15, -0.1) is 0 Å². The lowest BCUT2D eigenvalue weighted by atomic mass is 10.2. The van der Waals surface area contributed by atoms with Gasteiger partial charge in [0.2, 0.25) is 0 Å². The number of aromatic nitrogens is 1. The van der Waals surface area contributed by atoms with Crippen molar-refractivity contribution in [3.8, 4) is 0 Å². The van der Waals surface area contributed by atoms with E-state index in [4.69, 9.17) is 16.7 Å². The Morgan fingerprint density at radius 2 is 2.05 bits per heavy atom. The van der Waals surface area contributed by atoms with Crippen LogP contribution >= 0.6 is 11.6 Å². The number of carbonyl (C=O) groups is 2. The molecule has 2 rings (SSSR count). The summed E-state index contributed by atoms with van der Waals surface area (Å²) in [6.07, 6.45) is 1.51. The van der Waals surface area contributed by atoms with Crippen LogP contribution in [0.15, 0.2) is 42.6 Å². The lowest BCUT2D eigenvalue weighted by Gasteiger charge is -2.21. The van der Waals surface area contributed by atoms with Crippen LogP contribution in [0.3, 0.4) is 0 Å². The first-order valence-corrected chi connectivity index (χ1v) is 6.57. The highest BCUT2D eigenvalue weighted by Gasteiger charge is 2.20. The monoisotopic (exact) mass is 304 g/mol. The van der Waals surface area contributed by atoms with E-state index < -0.39 is 18.4 Å². The molecule has 0 aliphatic carbocycles. The molecule has 2 aromatic rings. The van der Waals surface area contributed by atoms with Crippen molar-refractivity contribution in [3.05, 3.63) is 58.9 Å². The van der Waals surface area contributed by atoms with Crippen LogP contribution in [-0.2, 0) is 4.79 Å². The van der Waals surface area contributed by atoms with E-state index in [1.54, 1.807) is 43.3 Å². The molecule has 1 heterocycles. The third-order valence-corrected chi connectivity index (χ3v) is 3.04. The number of rotatable bonds is 4. The van der Waals surface area contributed by atoms with Gasteiger partial charge in [0.1, 0.15) is 6.54 Å². The molecule has 6 heteroatoms. The van der Waals surface area contributed by atoms with Crippen LogP contribution in [-0.4, -0.2) is 28.5 Å². The van der Waals surface area contributed by atoms with Gasteiger partial charge in [0.15, 0.2) is 0 Å². The second-order valence-electron chi connectivity index (χ2n) is 4.45. The Hall–Kier alpha value is -2.40. The van der Waals surface area contributed by atoms with Crippen molar-refractivity contribution in [2.24, 2.45) is 0 Å². The topological polar surface area (TPSA) is 70.5 Å². The Morgan fingerprint density at radius 3 is 2.67 bits per heavy atom. The fourth-order valence-corrected chi connectivity index (χ4v) is 2.08. The predicted octanol–water partition coefficient (Wildman–Crippen LogP) is 2.77. The highest BCUT2D eigenvalue weighted by Crippen LogP contribution is 2.21. The molecule has 0 aliphatic heterocycles. The Morgan fingerprint density at radius 1 is 1.29 bits per heavy atom. The van der Waals surface area contributed by atoms with Crippen LogP contribution in [0.5, 0.6) is 0 Å². The van der Waals surface area contributed by atoms with Gasteiger partial charge in [0.05, 0.1) is 0 Å². The summed E-state index contributed by atoms with van der Waals surface area (Å²) in [5, 5.41) is 9.46. The van der Waals surface area contributed by atoms with E-state index in [-0.39, 0.29) is 0 Å². The minimum absolute atomic E-state index is 0.378. The lowest BCUT2D eigenvalue weighted by molar-refractivity contribution is -0.135. The van der Waals surface area contributed by atoms with Crippen LogP contribution in [0.4, 0.5) is 5.69 Å². The van der Waals surface area contributed by atoms with Crippen molar-refractivity contribution in [2.75, 3.05) is 11.4 Å². The normalized spacial score (nSPS) is 10.2. The number of halogens is 1. The molecule has 0 saturated heterocycles. The minimum atomic E-state index is -1.10. The zero-order valence-electron chi connectivity index (χ0n) is 11.3. The van der Waals surface area contributed by atoms with Crippen molar-refractivity contribution >= 4 is 29.2 Å². The number of nitrogens with zero attached hydrogens (tertiary/aromatic N) is 2. The Labute approximate surface area is 126 Å². The van der Waals surface area contributed by atoms with Crippen LogP contribution in [0.1, 0.15) is 16.1 Å². The predicted molar refractivity (Wildman–Crippen MR) is 79.7 cm³/mol. The fourth-order valence-electron chi connectivity index (χ4n) is 1.89. The molecule has 108 valence electrons. The van der Waals surface area contributed by atoms with Crippen molar-refractivity contribution < 1.29 is 14.7 Å². The number of pyridine rings is 1. The summed E-state index contributed by atoms with van der Waals surface area (Å²) < 4.78 is 0. The number of carboxylic acid groups (broad SMARTS) is 1. The minimum Gasteiger partial charge on any atom is -0.480 e. The van der Waals surface area contributed by atoms with Gasteiger partial charge in [-0.05, 0) is 37.3 Å². The molecule has 0 bridgehead atoms. The maximum absolute atomic E-state index is 12.5. The van der Waals surface area contributed by atoms with Gasteiger partial charge in [-0.1, -0.05) is 17.7 Å². The number of aliphatic carboxylic acids is 1. The first kappa shape index (κ1) is 15.0. The van der Waals surface area contributed by atoms with E-state index in [1.807, 2.05) is 0 Å². The summed E-state index contributed by atoms with van der Waals surface area (Å²) in [5.41, 5.74) is 1.50. The molecule has 1 amide bonds. The average molecular weight is 305 g/mol. The number of anilines is 1. The van der Waals surface area contributed by atoms with Crippen molar-refractivity contribution in [1.82, 2.24) is 4.98 Å².